The molecule has 1 saturated heterocycles. The summed E-state index contributed by atoms with van der Waals surface area (Å²) in [5, 5.41) is 12.8. The number of rotatable bonds is 4. The van der Waals surface area contributed by atoms with Gasteiger partial charge in [-0.25, -0.2) is 4.79 Å². The van der Waals surface area contributed by atoms with Gasteiger partial charge in [-0.3, -0.25) is 0 Å². The van der Waals surface area contributed by atoms with Gasteiger partial charge in [0, 0.05) is 18.8 Å². The van der Waals surface area contributed by atoms with Crippen LogP contribution in [0.4, 0.5) is 5.69 Å². The number of carboxylic acid groups (broad SMARTS) is 1. The number of carbonyl (C=O) groups is 1. The van der Waals surface area contributed by atoms with Crippen LogP contribution in [0.1, 0.15) is 25.3 Å². The molecule has 0 aromatic heterocycles. The lowest BCUT2D eigenvalue weighted by atomic mass is 9.87. The van der Waals surface area contributed by atoms with Crippen LogP contribution >= 0.6 is 0 Å². The van der Waals surface area contributed by atoms with E-state index in [9.17, 15) is 9.90 Å². The van der Waals surface area contributed by atoms with Crippen molar-refractivity contribution < 1.29 is 9.90 Å². The number of hydrogen-bond acceptors (Lipinski definition) is 3. The van der Waals surface area contributed by atoms with Crippen LogP contribution in [0.3, 0.4) is 0 Å². The lowest BCUT2D eigenvalue weighted by Gasteiger charge is -2.38. The monoisotopic (exact) mass is 262 g/mol. The van der Waals surface area contributed by atoms with Gasteiger partial charge in [-0.2, -0.15) is 0 Å². The summed E-state index contributed by atoms with van der Waals surface area (Å²) in [7, 11) is 2.03. The van der Waals surface area contributed by atoms with Gasteiger partial charge < -0.3 is 15.3 Å². The van der Waals surface area contributed by atoms with Crippen LogP contribution < -0.4 is 5.32 Å². The minimum Gasteiger partial charge on any atom is -0.480 e. The molecule has 4 nitrogen and oxygen atoms in total. The Hall–Kier alpha value is -1.55. The Balaban J connectivity index is 2.14. The molecule has 0 amide bonds. The minimum atomic E-state index is -0.819. The summed E-state index contributed by atoms with van der Waals surface area (Å²) in [5.41, 5.74) is 1.34. The number of anilines is 1. The zero-order valence-corrected chi connectivity index (χ0v) is 11.6. The maximum atomic E-state index is 11.6. The van der Waals surface area contributed by atoms with E-state index in [1.807, 2.05) is 31.3 Å². The molecule has 4 heteroatoms. The number of aliphatic carboxylic acids is 1. The summed E-state index contributed by atoms with van der Waals surface area (Å²) in [6, 6.07) is 8.04. The quantitative estimate of drug-likeness (QED) is 0.873. The van der Waals surface area contributed by atoms with E-state index in [1.165, 1.54) is 5.56 Å². The van der Waals surface area contributed by atoms with Gasteiger partial charge in [0.15, 0.2) is 0 Å². The molecule has 0 aliphatic carbocycles. The normalized spacial score (nSPS) is 19.1. The summed E-state index contributed by atoms with van der Waals surface area (Å²) >= 11 is 0. The first-order chi connectivity index (χ1) is 9.05. The van der Waals surface area contributed by atoms with E-state index in [0.29, 0.717) is 12.8 Å². The topological polar surface area (TPSA) is 52.6 Å². The van der Waals surface area contributed by atoms with Crippen molar-refractivity contribution >= 4 is 11.7 Å². The molecule has 1 aromatic carbocycles. The predicted octanol–water partition coefficient (Wildman–Crippen LogP) is 2.21. The number of carboxylic acids is 1. The van der Waals surface area contributed by atoms with Gasteiger partial charge in [0.05, 0.1) is 0 Å². The Bertz CT molecular complexity index is 434. The summed E-state index contributed by atoms with van der Waals surface area (Å²) in [4.78, 5) is 13.8. The first-order valence-electron chi connectivity index (χ1n) is 6.85. The van der Waals surface area contributed by atoms with E-state index in [2.05, 4.69) is 17.1 Å². The number of nitrogens with zero attached hydrogens (tertiary/aromatic N) is 1. The van der Waals surface area contributed by atoms with Crippen molar-refractivity contribution in [2.24, 2.45) is 0 Å². The Morgan fingerprint density at radius 3 is 2.37 bits per heavy atom. The third-order valence-electron chi connectivity index (χ3n) is 4.00. The molecule has 1 aliphatic heterocycles. The first kappa shape index (κ1) is 13.9. The van der Waals surface area contributed by atoms with Crippen LogP contribution in [0.2, 0.25) is 0 Å². The van der Waals surface area contributed by atoms with Crippen LogP contribution in [0.15, 0.2) is 24.3 Å². The first-order valence-corrected chi connectivity index (χ1v) is 6.85. The van der Waals surface area contributed by atoms with E-state index in [4.69, 9.17) is 0 Å². The van der Waals surface area contributed by atoms with Crippen LogP contribution in [0, 0.1) is 0 Å². The largest absolute Gasteiger partial charge is 0.480 e. The maximum absolute atomic E-state index is 11.6. The van der Waals surface area contributed by atoms with Crippen molar-refractivity contribution in [2.75, 3.05) is 25.5 Å². The second-order valence-corrected chi connectivity index (χ2v) is 5.37. The van der Waals surface area contributed by atoms with E-state index in [-0.39, 0.29) is 0 Å². The third-order valence-corrected chi connectivity index (χ3v) is 4.00. The van der Waals surface area contributed by atoms with Gasteiger partial charge >= 0.3 is 5.97 Å². The van der Waals surface area contributed by atoms with Crippen molar-refractivity contribution in [3.63, 3.8) is 0 Å². The summed E-state index contributed by atoms with van der Waals surface area (Å²) in [5.74, 6) is -0.750. The molecule has 1 aliphatic rings. The molecular weight excluding hydrogens is 240 g/mol. The van der Waals surface area contributed by atoms with Gasteiger partial charge in [0.1, 0.15) is 5.54 Å². The van der Waals surface area contributed by atoms with Crippen molar-refractivity contribution in [3.05, 3.63) is 29.8 Å². The Morgan fingerprint density at radius 1 is 1.32 bits per heavy atom. The second-order valence-electron chi connectivity index (χ2n) is 5.37. The SMILES string of the molecule is CCc1ccc(NC2(C(=O)O)CCN(C)CC2)cc1. The smallest absolute Gasteiger partial charge is 0.329 e. The fourth-order valence-electron chi connectivity index (χ4n) is 2.49. The highest BCUT2D eigenvalue weighted by molar-refractivity contribution is 5.83. The van der Waals surface area contributed by atoms with Gasteiger partial charge in [0.2, 0.25) is 0 Å². The molecule has 0 unspecified atom stereocenters. The van der Waals surface area contributed by atoms with Crippen LogP contribution in [0.5, 0.6) is 0 Å². The molecule has 1 aromatic rings. The summed E-state index contributed by atoms with van der Waals surface area (Å²) in [6.45, 7) is 3.73. The molecule has 1 heterocycles. The maximum Gasteiger partial charge on any atom is 0.329 e. The number of likely N-dealkylation sites (tertiary alicyclic amines) is 1. The number of aryl methyl sites for hydroxylation is 1. The molecular formula is C15H22N2O2. The van der Waals surface area contributed by atoms with Gasteiger partial charge in [0.25, 0.3) is 0 Å². The van der Waals surface area contributed by atoms with Crippen LogP contribution in [-0.4, -0.2) is 41.7 Å². The number of benzene rings is 1. The average Bonchev–Trinajstić information content (AvgIpc) is 2.42. The van der Waals surface area contributed by atoms with E-state index in [0.717, 1.165) is 25.2 Å². The highest BCUT2D eigenvalue weighted by Gasteiger charge is 2.40. The van der Waals surface area contributed by atoms with Gasteiger partial charge in [-0.1, -0.05) is 19.1 Å². The van der Waals surface area contributed by atoms with Crippen molar-refractivity contribution in [1.29, 1.82) is 0 Å². The van der Waals surface area contributed by atoms with E-state index >= 15 is 0 Å². The molecule has 1 fully saturated rings. The highest BCUT2D eigenvalue weighted by atomic mass is 16.4. The van der Waals surface area contributed by atoms with Crippen LogP contribution in [0.25, 0.3) is 0 Å². The second kappa shape index (κ2) is 5.61. The number of piperidine rings is 1. The summed E-state index contributed by atoms with van der Waals surface area (Å²) in [6.07, 6.45) is 2.26. The number of hydrogen-bond donors (Lipinski definition) is 2. The van der Waals surface area contributed by atoms with Crippen molar-refractivity contribution in [3.8, 4) is 0 Å². The average molecular weight is 262 g/mol. The lowest BCUT2D eigenvalue weighted by molar-refractivity contribution is -0.143. The van der Waals surface area contributed by atoms with Gasteiger partial charge in [-0.05, 0) is 44.0 Å². The predicted molar refractivity (Wildman–Crippen MR) is 76.5 cm³/mol. The number of nitrogens with one attached hydrogen (secondary N) is 1. The Kier molecular flexibility index (Phi) is 4.10. The van der Waals surface area contributed by atoms with E-state index in [1.54, 1.807) is 0 Å². The molecule has 0 bridgehead atoms. The molecule has 0 spiro atoms. The zero-order valence-electron chi connectivity index (χ0n) is 11.6. The Morgan fingerprint density at radius 2 is 1.89 bits per heavy atom. The fourth-order valence-corrected chi connectivity index (χ4v) is 2.49. The zero-order chi connectivity index (χ0) is 13.9. The lowest BCUT2D eigenvalue weighted by Crippen LogP contribution is -2.53. The highest BCUT2D eigenvalue weighted by Crippen LogP contribution is 2.27. The minimum absolute atomic E-state index is 0.633. The van der Waals surface area contributed by atoms with E-state index < -0.39 is 11.5 Å². The standard InChI is InChI=1S/C15H22N2O2/c1-3-12-4-6-13(7-5-12)16-15(14(18)19)8-10-17(2)11-9-15/h4-7,16H,3,8-11H2,1-2H3,(H,18,19). The molecule has 0 atom stereocenters. The van der Waals surface area contributed by atoms with Gasteiger partial charge in [-0.15, -0.1) is 0 Å². The Labute approximate surface area is 114 Å². The van der Waals surface area contributed by atoms with Crippen LogP contribution in [-0.2, 0) is 11.2 Å². The molecule has 104 valence electrons. The van der Waals surface area contributed by atoms with Crippen molar-refractivity contribution in [1.82, 2.24) is 4.90 Å². The molecule has 0 saturated carbocycles. The molecule has 19 heavy (non-hydrogen) atoms. The fraction of sp³-hybridized carbons (Fsp3) is 0.533. The molecule has 0 radical (unpaired) electrons. The third kappa shape index (κ3) is 3.07. The molecule has 2 rings (SSSR count). The summed E-state index contributed by atoms with van der Waals surface area (Å²) < 4.78 is 0. The molecule has 2 N–H and O–H groups in total. The van der Waals surface area contributed by atoms with Crippen molar-refractivity contribution in [2.45, 2.75) is 31.7 Å².